The predicted molar refractivity (Wildman–Crippen MR) is 98.3 cm³/mol. The number of carbonyl (C=O) groups excluding carboxylic acids is 1. The van der Waals surface area contributed by atoms with Crippen LogP contribution in [0.25, 0.3) is 0 Å². The first-order valence-electron chi connectivity index (χ1n) is 7.96. The third-order valence-corrected chi connectivity index (χ3v) is 4.71. The van der Waals surface area contributed by atoms with Crippen LogP contribution in [0.1, 0.15) is 5.56 Å². The zero-order chi connectivity index (χ0) is 19.2. The molecule has 0 heterocycles. The highest BCUT2D eigenvalue weighted by Crippen LogP contribution is 2.21. The number of carbonyl (C=O) groups is 1. The Morgan fingerprint density at radius 1 is 1.15 bits per heavy atom. The highest BCUT2D eigenvalue weighted by molar-refractivity contribution is 7.92. The summed E-state index contributed by atoms with van der Waals surface area (Å²) in [6, 6.07) is 12.9. The van der Waals surface area contributed by atoms with E-state index in [1.54, 1.807) is 0 Å². The minimum absolute atomic E-state index is 0.165. The molecule has 26 heavy (non-hydrogen) atoms. The lowest BCUT2D eigenvalue weighted by molar-refractivity contribution is -0.119. The fourth-order valence-corrected chi connectivity index (χ4v) is 3.15. The largest absolute Gasteiger partial charge is 0.491 e. The zero-order valence-corrected chi connectivity index (χ0v) is 15.4. The third-order valence-electron chi connectivity index (χ3n) is 3.58. The Balaban J connectivity index is 1.92. The van der Waals surface area contributed by atoms with Crippen LogP contribution in [0.15, 0.2) is 48.5 Å². The number of benzene rings is 2. The Kier molecular flexibility index (Phi) is 6.57. The van der Waals surface area contributed by atoms with Gasteiger partial charge < -0.3 is 10.1 Å². The van der Waals surface area contributed by atoms with Gasteiger partial charge in [-0.2, -0.15) is 0 Å². The lowest BCUT2D eigenvalue weighted by Gasteiger charge is -2.22. The number of amides is 1. The van der Waals surface area contributed by atoms with E-state index in [4.69, 9.17) is 4.74 Å². The van der Waals surface area contributed by atoms with Crippen LogP contribution in [0.4, 0.5) is 10.1 Å². The standard InChI is InChI=1S/C18H21FN2O4S/c1-14-7-3-6-10-17(14)25-12-11-20-18(22)13-21(26(2,23)24)16-9-5-4-8-15(16)19/h3-10H,11-13H2,1-2H3,(H,20,22). The fraction of sp³-hybridized carbons (Fsp3) is 0.278. The van der Waals surface area contributed by atoms with Gasteiger partial charge in [0.2, 0.25) is 15.9 Å². The van der Waals surface area contributed by atoms with E-state index >= 15 is 0 Å². The molecule has 2 aromatic carbocycles. The van der Waals surface area contributed by atoms with Crippen molar-refractivity contribution in [3.8, 4) is 5.75 Å². The number of nitrogens with zero attached hydrogens (tertiary/aromatic N) is 1. The number of sulfonamides is 1. The smallest absolute Gasteiger partial charge is 0.240 e. The summed E-state index contributed by atoms with van der Waals surface area (Å²) in [4.78, 5) is 12.1. The van der Waals surface area contributed by atoms with Crippen molar-refractivity contribution in [3.63, 3.8) is 0 Å². The first-order valence-corrected chi connectivity index (χ1v) is 9.81. The monoisotopic (exact) mass is 380 g/mol. The van der Waals surface area contributed by atoms with E-state index in [-0.39, 0.29) is 18.8 Å². The van der Waals surface area contributed by atoms with Gasteiger partial charge in [-0.15, -0.1) is 0 Å². The van der Waals surface area contributed by atoms with Gasteiger partial charge in [-0.3, -0.25) is 9.10 Å². The third kappa shape index (κ3) is 5.45. The molecule has 0 unspecified atom stereocenters. The number of ether oxygens (including phenoxy) is 1. The van der Waals surface area contributed by atoms with Crippen LogP contribution in [-0.4, -0.2) is 40.3 Å². The fourth-order valence-electron chi connectivity index (χ4n) is 2.29. The predicted octanol–water partition coefficient (Wildman–Crippen LogP) is 2.10. The molecule has 2 aromatic rings. The molecule has 1 amide bonds. The van der Waals surface area contributed by atoms with Crippen molar-refractivity contribution in [2.24, 2.45) is 0 Å². The molecule has 2 rings (SSSR count). The van der Waals surface area contributed by atoms with Crippen LogP contribution in [0.3, 0.4) is 0 Å². The van der Waals surface area contributed by atoms with Crippen molar-refractivity contribution in [2.75, 3.05) is 30.3 Å². The second-order valence-corrected chi connectivity index (χ2v) is 7.59. The highest BCUT2D eigenvalue weighted by atomic mass is 32.2. The van der Waals surface area contributed by atoms with Gasteiger partial charge in [0.05, 0.1) is 18.5 Å². The maximum absolute atomic E-state index is 13.9. The summed E-state index contributed by atoms with van der Waals surface area (Å²) in [6.45, 7) is 1.83. The second-order valence-electron chi connectivity index (χ2n) is 5.68. The molecule has 140 valence electrons. The molecule has 0 saturated carbocycles. The van der Waals surface area contributed by atoms with E-state index < -0.39 is 28.3 Å². The Bertz CT molecular complexity index is 871. The molecule has 0 fully saturated rings. The molecule has 1 N–H and O–H groups in total. The Hall–Kier alpha value is -2.61. The average molecular weight is 380 g/mol. The van der Waals surface area contributed by atoms with Gasteiger partial charge in [0.15, 0.2) is 0 Å². The normalized spacial score (nSPS) is 11.0. The van der Waals surface area contributed by atoms with Gasteiger partial charge >= 0.3 is 0 Å². The van der Waals surface area contributed by atoms with Gasteiger partial charge in [0.1, 0.15) is 24.7 Å². The Morgan fingerprint density at radius 3 is 2.46 bits per heavy atom. The van der Waals surface area contributed by atoms with E-state index in [1.807, 2.05) is 31.2 Å². The van der Waals surface area contributed by atoms with E-state index in [1.165, 1.54) is 18.2 Å². The number of halogens is 1. The van der Waals surface area contributed by atoms with Crippen molar-refractivity contribution < 1.29 is 22.3 Å². The van der Waals surface area contributed by atoms with Crippen LogP contribution in [0.5, 0.6) is 5.75 Å². The Morgan fingerprint density at radius 2 is 1.81 bits per heavy atom. The molecule has 0 aromatic heterocycles. The molecule has 0 aliphatic rings. The van der Waals surface area contributed by atoms with Gasteiger partial charge in [0.25, 0.3) is 0 Å². The maximum atomic E-state index is 13.9. The second kappa shape index (κ2) is 8.66. The van der Waals surface area contributed by atoms with Crippen LogP contribution in [0.2, 0.25) is 0 Å². The lowest BCUT2D eigenvalue weighted by Crippen LogP contribution is -2.41. The first kappa shape index (κ1) is 19.7. The summed E-state index contributed by atoms with van der Waals surface area (Å²) in [5, 5.41) is 2.57. The van der Waals surface area contributed by atoms with Crippen molar-refractivity contribution in [2.45, 2.75) is 6.92 Å². The number of aryl methyl sites for hydroxylation is 1. The summed E-state index contributed by atoms with van der Waals surface area (Å²) in [7, 11) is -3.81. The van der Waals surface area contributed by atoms with Gasteiger partial charge in [-0.1, -0.05) is 30.3 Å². The molecule has 8 heteroatoms. The maximum Gasteiger partial charge on any atom is 0.240 e. The quantitative estimate of drug-likeness (QED) is 0.712. The summed E-state index contributed by atoms with van der Waals surface area (Å²) >= 11 is 0. The molecule has 0 aliphatic carbocycles. The molecule has 0 spiro atoms. The van der Waals surface area contributed by atoms with Crippen LogP contribution < -0.4 is 14.4 Å². The lowest BCUT2D eigenvalue weighted by atomic mass is 10.2. The van der Waals surface area contributed by atoms with Gasteiger partial charge in [-0.25, -0.2) is 12.8 Å². The van der Waals surface area contributed by atoms with Crippen molar-refractivity contribution in [3.05, 3.63) is 59.9 Å². The summed E-state index contributed by atoms with van der Waals surface area (Å²) in [6.07, 6.45) is 0.925. The molecule has 0 aliphatic heterocycles. The van der Waals surface area contributed by atoms with E-state index in [0.29, 0.717) is 5.75 Å². The van der Waals surface area contributed by atoms with Crippen LogP contribution in [-0.2, 0) is 14.8 Å². The van der Waals surface area contributed by atoms with Crippen LogP contribution in [0, 0.1) is 12.7 Å². The van der Waals surface area contributed by atoms with Crippen molar-refractivity contribution >= 4 is 21.6 Å². The van der Waals surface area contributed by atoms with Crippen molar-refractivity contribution in [1.82, 2.24) is 5.32 Å². The molecule has 6 nitrogen and oxygen atoms in total. The SMILES string of the molecule is Cc1ccccc1OCCNC(=O)CN(c1ccccc1F)S(C)(=O)=O. The first-order chi connectivity index (χ1) is 12.3. The molecule has 0 saturated heterocycles. The van der Waals surface area contributed by atoms with E-state index in [9.17, 15) is 17.6 Å². The Labute approximate surface area is 152 Å². The van der Waals surface area contributed by atoms with Gasteiger partial charge in [-0.05, 0) is 30.7 Å². The van der Waals surface area contributed by atoms with Crippen LogP contribution >= 0.6 is 0 Å². The minimum Gasteiger partial charge on any atom is -0.491 e. The summed E-state index contributed by atoms with van der Waals surface area (Å²) in [5.41, 5.74) is 0.808. The highest BCUT2D eigenvalue weighted by Gasteiger charge is 2.23. The molecule has 0 atom stereocenters. The van der Waals surface area contributed by atoms with Gasteiger partial charge in [0, 0.05) is 0 Å². The van der Waals surface area contributed by atoms with E-state index in [0.717, 1.165) is 22.2 Å². The summed E-state index contributed by atoms with van der Waals surface area (Å²) in [5.74, 6) is -0.549. The topological polar surface area (TPSA) is 75.7 Å². The number of para-hydroxylation sites is 2. The molecule has 0 radical (unpaired) electrons. The average Bonchev–Trinajstić information content (AvgIpc) is 2.58. The zero-order valence-electron chi connectivity index (χ0n) is 14.6. The van der Waals surface area contributed by atoms with Crippen molar-refractivity contribution in [1.29, 1.82) is 0 Å². The minimum atomic E-state index is -3.81. The number of hydrogen-bond donors (Lipinski definition) is 1. The number of anilines is 1. The molecular formula is C18H21FN2O4S. The number of hydrogen-bond acceptors (Lipinski definition) is 4. The van der Waals surface area contributed by atoms with E-state index in [2.05, 4.69) is 5.32 Å². The molecular weight excluding hydrogens is 359 g/mol. The number of rotatable bonds is 8. The molecule has 0 bridgehead atoms. The summed E-state index contributed by atoms with van der Waals surface area (Å²) < 4.78 is 44.0. The number of nitrogens with one attached hydrogen (secondary N) is 1.